The van der Waals surface area contributed by atoms with Crippen molar-refractivity contribution in [2.24, 2.45) is 5.41 Å². The minimum Gasteiger partial charge on any atom is -0.368 e. The van der Waals surface area contributed by atoms with E-state index >= 15 is 0 Å². The first-order chi connectivity index (χ1) is 9.54. The van der Waals surface area contributed by atoms with Crippen LogP contribution in [0.25, 0.3) is 0 Å². The zero-order valence-electron chi connectivity index (χ0n) is 12.1. The van der Waals surface area contributed by atoms with Crippen LogP contribution in [0.5, 0.6) is 0 Å². The molecule has 1 aliphatic rings. The van der Waals surface area contributed by atoms with E-state index in [1.165, 1.54) is 25.7 Å². The first kappa shape index (κ1) is 15.1. The van der Waals surface area contributed by atoms with Gasteiger partial charge in [0.15, 0.2) is 0 Å². The molecule has 0 aromatic carbocycles. The lowest BCUT2D eigenvalue weighted by Crippen LogP contribution is -2.37. The van der Waals surface area contributed by atoms with Crippen LogP contribution in [-0.2, 0) is 0 Å². The molecule has 1 heterocycles. The lowest BCUT2D eigenvalue weighted by Gasteiger charge is -2.32. The number of anilines is 1. The Bertz CT molecular complexity index is 501. The molecule has 0 atom stereocenters. The van der Waals surface area contributed by atoms with Crippen molar-refractivity contribution in [1.82, 2.24) is 9.88 Å². The third-order valence-electron chi connectivity index (χ3n) is 3.92. The van der Waals surface area contributed by atoms with Crippen molar-refractivity contribution >= 4 is 17.4 Å². The van der Waals surface area contributed by atoms with E-state index in [-0.39, 0.29) is 0 Å². The molecule has 1 fully saturated rings. The summed E-state index contributed by atoms with van der Waals surface area (Å²) >= 11 is 6.16. The molecule has 0 bridgehead atoms. The SMILES string of the molecule is CN(C)CC1(CNc2ncc(C#N)cc2Cl)CCCC1. The average molecular weight is 293 g/mol. The minimum atomic E-state index is 0.308. The Morgan fingerprint density at radius 2 is 2.15 bits per heavy atom. The van der Waals surface area contributed by atoms with Gasteiger partial charge < -0.3 is 10.2 Å². The summed E-state index contributed by atoms with van der Waals surface area (Å²) in [5.74, 6) is 0.677. The molecule has 1 aromatic heterocycles. The molecule has 20 heavy (non-hydrogen) atoms. The summed E-state index contributed by atoms with van der Waals surface area (Å²) in [6, 6.07) is 3.70. The van der Waals surface area contributed by atoms with E-state index in [9.17, 15) is 0 Å². The van der Waals surface area contributed by atoms with E-state index in [1.807, 2.05) is 6.07 Å². The van der Waals surface area contributed by atoms with Gasteiger partial charge in [0, 0.05) is 24.7 Å². The fourth-order valence-corrected chi connectivity index (χ4v) is 3.32. The van der Waals surface area contributed by atoms with Gasteiger partial charge in [-0.25, -0.2) is 4.98 Å². The van der Waals surface area contributed by atoms with E-state index in [0.29, 0.717) is 21.8 Å². The molecule has 0 radical (unpaired) electrons. The number of nitrogens with zero attached hydrogens (tertiary/aromatic N) is 3. The molecule has 1 saturated carbocycles. The van der Waals surface area contributed by atoms with Crippen LogP contribution < -0.4 is 5.32 Å². The highest BCUT2D eigenvalue weighted by Gasteiger charge is 2.34. The molecule has 0 saturated heterocycles. The summed E-state index contributed by atoms with van der Waals surface area (Å²) < 4.78 is 0. The molecule has 0 unspecified atom stereocenters. The number of halogens is 1. The van der Waals surface area contributed by atoms with E-state index in [1.54, 1.807) is 12.3 Å². The van der Waals surface area contributed by atoms with Gasteiger partial charge in [-0.1, -0.05) is 24.4 Å². The third kappa shape index (κ3) is 3.62. The highest BCUT2D eigenvalue weighted by molar-refractivity contribution is 6.33. The maximum Gasteiger partial charge on any atom is 0.144 e. The van der Waals surface area contributed by atoms with Crippen LogP contribution in [0.1, 0.15) is 31.2 Å². The molecular formula is C15H21ClN4. The van der Waals surface area contributed by atoms with Gasteiger partial charge in [-0.05, 0) is 33.0 Å². The lowest BCUT2D eigenvalue weighted by molar-refractivity contribution is 0.215. The van der Waals surface area contributed by atoms with Gasteiger partial charge in [0.1, 0.15) is 11.9 Å². The van der Waals surface area contributed by atoms with Gasteiger partial charge in [-0.3, -0.25) is 0 Å². The van der Waals surface area contributed by atoms with Crippen LogP contribution in [0, 0.1) is 16.7 Å². The van der Waals surface area contributed by atoms with Crippen molar-refractivity contribution < 1.29 is 0 Å². The van der Waals surface area contributed by atoms with E-state index in [2.05, 4.69) is 29.3 Å². The molecular weight excluding hydrogens is 272 g/mol. The maximum atomic E-state index is 8.82. The second-order valence-corrected chi connectivity index (χ2v) is 6.37. The topological polar surface area (TPSA) is 52.0 Å². The predicted octanol–water partition coefficient (Wildman–Crippen LogP) is 3.14. The molecule has 4 nitrogen and oxygen atoms in total. The number of nitrogens with one attached hydrogen (secondary N) is 1. The van der Waals surface area contributed by atoms with Crippen molar-refractivity contribution in [3.8, 4) is 6.07 Å². The second-order valence-electron chi connectivity index (χ2n) is 5.96. The van der Waals surface area contributed by atoms with Crippen molar-refractivity contribution in [2.45, 2.75) is 25.7 Å². The van der Waals surface area contributed by atoms with Gasteiger partial charge in [-0.2, -0.15) is 5.26 Å². The minimum absolute atomic E-state index is 0.308. The Balaban J connectivity index is 2.04. The van der Waals surface area contributed by atoms with Crippen molar-refractivity contribution in [2.75, 3.05) is 32.5 Å². The summed E-state index contributed by atoms with van der Waals surface area (Å²) in [5, 5.41) is 12.7. The fourth-order valence-electron chi connectivity index (χ4n) is 3.09. The molecule has 5 heteroatoms. The maximum absolute atomic E-state index is 8.82. The molecule has 2 rings (SSSR count). The summed E-state index contributed by atoms with van der Waals surface area (Å²) in [5.41, 5.74) is 0.798. The Hall–Kier alpha value is -1.31. The largest absolute Gasteiger partial charge is 0.368 e. The summed E-state index contributed by atoms with van der Waals surface area (Å²) in [6.07, 6.45) is 6.63. The van der Waals surface area contributed by atoms with Gasteiger partial charge in [-0.15, -0.1) is 0 Å². The number of hydrogen-bond donors (Lipinski definition) is 1. The monoisotopic (exact) mass is 292 g/mol. The quantitative estimate of drug-likeness (QED) is 0.906. The molecule has 108 valence electrons. The Morgan fingerprint density at radius 1 is 1.45 bits per heavy atom. The molecule has 0 spiro atoms. The Kier molecular flexibility index (Phi) is 4.85. The summed E-state index contributed by atoms with van der Waals surface area (Å²) in [4.78, 5) is 6.49. The average Bonchev–Trinajstić information content (AvgIpc) is 2.85. The third-order valence-corrected chi connectivity index (χ3v) is 4.21. The van der Waals surface area contributed by atoms with Crippen LogP contribution in [-0.4, -0.2) is 37.1 Å². The van der Waals surface area contributed by atoms with Gasteiger partial charge in [0.25, 0.3) is 0 Å². The highest BCUT2D eigenvalue weighted by Crippen LogP contribution is 2.39. The molecule has 1 N–H and O–H groups in total. The Morgan fingerprint density at radius 3 is 2.70 bits per heavy atom. The number of pyridine rings is 1. The van der Waals surface area contributed by atoms with Gasteiger partial charge >= 0.3 is 0 Å². The second kappa shape index (κ2) is 6.43. The van der Waals surface area contributed by atoms with E-state index < -0.39 is 0 Å². The van der Waals surface area contributed by atoms with Crippen LogP contribution in [0.3, 0.4) is 0 Å². The van der Waals surface area contributed by atoms with Crippen molar-refractivity contribution in [3.05, 3.63) is 22.8 Å². The molecule has 1 aliphatic carbocycles. The standard InChI is InChI=1S/C15H21ClN4/c1-20(2)11-15(5-3-4-6-15)10-19-14-13(16)7-12(8-17)9-18-14/h7,9H,3-6,10-11H2,1-2H3,(H,18,19). The van der Waals surface area contributed by atoms with E-state index in [4.69, 9.17) is 16.9 Å². The van der Waals surface area contributed by atoms with Crippen LogP contribution in [0.15, 0.2) is 12.3 Å². The first-order valence-electron chi connectivity index (χ1n) is 6.99. The normalized spacial score (nSPS) is 17.1. The van der Waals surface area contributed by atoms with Crippen molar-refractivity contribution in [3.63, 3.8) is 0 Å². The van der Waals surface area contributed by atoms with Crippen molar-refractivity contribution in [1.29, 1.82) is 5.26 Å². The summed E-state index contributed by atoms with van der Waals surface area (Å²) in [6.45, 7) is 1.96. The van der Waals surface area contributed by atoms with Crippen LogP contribution in [0.2, 0.25) is 5.02 Å². The van der Waals surface area contributed by atoms with Gasteiger partial charge in [0.05, 0.1) is 10.6 Å². The zero-order chi connectivity index (χ0) is 14.6. The number of rotatable bonds is 5. The van der Waals surface area contributed by atoms with Crippen LogP contribution in [0.4, 0.5) is 5.82 Å². The lowest BCUT2D eigenvalue weighted by atomic mass is 9.85. The van der Waals surface area contributed by atoms with E-state index in [0.717, 1.165) is 13.1 Å². The molecule has 1 aromatic rings. The van der Waals surface area contributed by atoms with Crippen LogP contribution >= 0.6 is 11.6 Å². The first-order valence-corrected chi connectivity index (χ1v) is 7.37. The number of nitriles is 1. The summed E-state index contributed by atoms with van der Waals surface area (Å²) in [7, 11) is 4.24. The highest BCUT2D eigenvalue weighted by atomic mass is 35.5. The zero-order valence-corrected chi connectivity index (χ0v) is 12.9. The van der Waals surface area contributed by atoms with Gasteiger partial charge in [0.2, 0.25) is 0 Å². The number of hydrogen-bond acceptors (Lipinski definition) is 4. The smallest absolute Gasteiger partial charge is 0.144 e. The predicted molar refractivity (Wildman–Crippen MR) is 81.9 cm³/mol. The fraction of sp³-hybridized carbons (Fsp3) is 0.600. The molecule has 0 amide bonds. The number of aromatic nitrogens is 1. The molecule has 0 aliphatic heterocycles. The Labute approximate surface area is 125 Å².